The summed E-state index contributed by atoms with van der Waals surface area (Å²) in [6.45, 7) is 0.135. The van der Waals surface area contributed by atoms with Gasteiger partial charge in [0.05, 0.1) is 6.33 Å². The topological polar surface area (TPSA) is 104 Å². The van der Waals surface area contributed by atoms with E-state index in [1.165, 1.54) is 12.5 Å². The minimum atomic E-state index is -1.14. The highest BCUT2D eigenvalue weighted by molar-refractivity contribution is 5.85. The first kappa shape index (κ1) is 20.4. The molecule has 1 aliphatic carbocycles. The Hall–Kier alpha value is -3.32. The van der Waals surface area contributed by atoms with Crippen LogP contribution in [-0.2, 0) is 16.0 Å². The number of hydrogen-bond acceptors (Lipinski definition) is 4. The van der Waals surface area contributed by atoms with E-state index < -0.39 is 18.1 Å². The number of aliphatic carboxylic acids is 1. The molecule has 1 aromatic heterocycles. The Morgan fingerprint density at radius 1 is 1.10 bits per heavy atom. The van der Waals surface area contributed by atoms with Crippen molar-refractivity contribution in [2.45, 2.75) is 18.4 Å². The number of fused-ring (bicyclic) bond motifs is 3. The third-order valence-corrected chi connectivity index (χ3v) is 4.91. The van der Waals surface area contributed by atoms with E-state index in [1.54, 1.807) is 0 Å². The molecule has 7 nitrogen and oxygen atoms in total. The maximum absolute atomic E-state index is 12.2. The van der Waals surface area contributed by atoms with E-state index in [2.05, 4.69) is 27.4 Å². The molecule has 0 bridgehead atoms. The third kappa shape index (κ3) is 4.25. The van der Waals surface area contributed by atoms with E-state index in [9.17, 15) is 14.7 Å². The molecule has 1 amide bonds. The normalized spacial score (nSPS) is 13.0. The lowest BCUT2D eigenvalue weighted by Gasteiger charge is -2.17. The first-order chi connectivity index (χ1) is 13.6. The quantitative estimate of drug-likeness (QED) is 0.574. The molecule has 0 aliphatic heterocycles. The first-order valence-electron chi connectivity index (χ1n) is 8.95. The number of hydrogen-bond donors (Lipinski definition) is 3. The molecule has 2 aromatic carbocycles. The van der Waals surface area contributed by atoms with Crippen LogP contribution in [0.5, 0.6) is 0 Å². The summed E-state index contributed by atoms with van der Waals surface area (Å²) < 4.78 is 5.40. The summed E-state index contributed by atoms with van der Waals surface area (Å²) in [5.41, 5.74) is 5.09. The lowest BCUT2D eigenvalue weighted by Crippen LogP contribution is -2.43. The zero-order chi connectivity index (χ0) is 19.5. The van der Waals surface area contributed by atoms with Gasteiger partial charge in [0.1, 0.15) is 12.6 Å². The number of aromatic nitrogens is 2. The summed E-state index contributed by atoms with van der Waals surface area (Å²) >= 11 is 0. The van der Waals surface area contributed by atoms with Crippen molar-refractivity contribution in [2.75, 3.05) is 6.61 Å². The number of ether oxygens (including phenoxy) is 1. The van der Waals surface area contributed by atoms with Gasteiger partial charge in [-0.15, -0.1) is 12.4 Å². The van der Waals surface area contributed by atoms with Gasteiger partial charge < -0.3 is 20.1 Å². The van der Waals surface area contributed by atoms with Crippen LogP contribution < -0.4 is 5.32 Å². The Morgan fingerprint density at radius 3 is 2.28 bits per heavy atom. The van der Waals surface area contributed by atoms with Gasteiger partial charge in [0.2, 0.25) is 0 Å². The highest BCUT2D eigenvalue weighted by Crippen LogP contribution is 2.44. The molecule has 1 atom stereocenters. The second-order valence-electron chi connectivity index (χ2n) is 6.64. The van der Waals surface area contributed by atoms with E-state index in [1.807, 2.05) is 36.4 Å². The molecule has 0 unspecified atom stereocenters. The average Bonchev–Trinajstić information content (AvgIpc) is 3.32. The zero-order valence-corrected chi connectivity index (χ0v) is 16.2. The Balaban J connectivity index is 0.00000240. The number of H-pyrrole nitrogens is 1. The lowest BCUT2D eigenvalue weighted by atomic mass is 9.98. The van der Waals surface area contributed by atoms with Crippen molar-refractivity contribution in [2.24, 2.45) is 0 Å². The maximum atomic E-state index is 12.2. The maximum Gasteiger partial charge on any atom is 0.407 e. The Labute approximate surface area is 173 Å². The van der Waals surface area contributed by atoms with E-state index in [0.29, 0.717) is 5.69 Å². The molecule has 0 radical (unpaired) electrons. The summed E-state index contributed by atoms with van der Waals surface area (Å²) in [6, 6.07) is 15.0. The summed E-state index contributed by atoms with van der Waals surface area (Å²) in [5, 5.41) is 11.8. The number of alkyl carbamates (subject to hydrolysis) is 1. The molecule has 150 valence electrons. The summed E-state index contributed by atoms with van der Waals surface area (Å²) in [4.78, 5) is 30.4. The van der Waals surface area contributed by atoms with E-state index in [0.717, 1.165) is 22.3 Å². The van der Waals surface area contributed by atoms with E-state index in [-0.39, 0.29) is 31.4 Å². The molecule has 1 heterocycles. The van der Waals surface area contributed by atoms with Crippen LogP contribution in [0.2, 0.25) is 0 Å². The number of carboxylic acid groups (broad SMARTS) is 1. The van der Waals surface area contributed by atoms with Crippen molar-refractivity contribution in [1.82, 2.24) is 15.3 Å². The highest BCUT2D eigenvalue weighted by atomic mass is 35.5. The second-order valence-corrected chi connectivity index (χ2v) is 6.64. The van der Waals surface area contributed by atoms with Crippen molar-refractivity contribution in [1.29, 1.82) is 0 Å². The van der Waals surface area contributed by atoms with Crippen molar-refractivity contribution < 1.29 is 19.4 Å². The molecule has 1 aliphatic rings. The fourth-order valence-electron chi connectivity index (χ4n) is 3.60. The van der Waals surface area contributed by atoms with Gasteiger partial charge in [-0.2, -0.15) is 0 Å². The number of imidazole rings is 1. The van der Waals surface area contributed by atoms with E-state index >= 15 is 0 Å². The number of nitrogens with zero attached hydrogens (tertiary/aromatic N) is 1. The molecular formula is C21H20ClN3O4. The van der Waals surface area contributed by atoms with Crippen LogP contribution in [0, 0.1) is 0 Å². The number of carboxylic acids is 1. The predicted octanol–water partition coefficient (Wildman–Crippen LogP) is 3.37. The number of nitrogens with one attached hydrogen (secondary N) is 2. The molecule has 0 saturated carbocycles. The average molecular weight is 414 g/mol. The number of halogens is 1. The monoisotopic (exact) mass is 413 g/mol. The van der Waals surface area contributed by atoms with Crippen LogP contribution in [0.1, 0.15) is 22.7 Å². The molecule has 8 heteroatoms. The SMILES string of the molecule is Cl.O=C(N[C@@H](Cc1cnc[nH]1)C(=O)O)OCC1c2ccccc2-c2ccccc21. The Morgan fingerprint density at radius 2 is 1.72 bits per heavy atom. The Kier molecular flexibility index (Phi) is 6.19. The van der Waals surface area contributed by atoms with Gasteiger partial charge in [-0.1, -0.05) is 48.5 Å². The van der Waals surface area contributed by atoms with Gasteiger partial charge >= 0.3 is 12.1 Å². The van der Waals surface area contributed by atoms with Crippen molar-refractivity contribution in [3.8, 4) is 11.1 Å². The number of carbonyl (C=O) groups excluding carboxylic acids is 1. The lowest BCUT2D eigenvalue weighted by molar-refractivity contribution is -0.139. The highest BCUT2D eigenvalue weighted by Gasteiger charge is 2.29. The van der Waals surface area contributed by atoms with Crippen LogP contribution in [0.15, 0.2) is 61.1 Å². The smallest absolute Gasteiger partial charge is 0.407 e. The molecular weight excluding hydrogens is 394 g/mol. The molecule has 3 N–H and O–H groups in total. The van der Waals surface area contributed by atoms with Crippen molar-refractivity contribution in [3.05, 3.63) is 77.9 Å². The minimum absolute atomic E-state index is 0. The summed E-state index contributed by atoms with van der Waals surface area (Å²) in [6.07, 6.45) is 2.32. The number of aromatic amines is 1. The van der Waals surface area contributed by atoms with Gasteiger partial charge in [-0.25, -0.2) is 14.6 Å². The van der Waals surface area contributed by atoms with Gasteiger partial charge in [-0.05, 0) is 22.3 Å². The molecule has 0 fully saturated rings. The van der Waals surface area contributed by atoms with E-state index in [4.69, 9.17) is 4.74 Å². The standard InChI is InChI=1S/C21H19N3O4.ClH/c25-20(26)19(9-13-10-22-12-23-13)24-21(27)28-11-18-16-7-3-1-5-14(16)15-6-2-4-8-17(15)18;/h1-8,10,12,18-19H,9,11H2,(H,22,23)(H,24,27)(H,25,26);1H/t19-;/m0./s1. The van der Waals surface area contributed by atoms with Gasteiger partial charge in [0, 0.05) is 24.2 Å². The summed E-state index contributed by atoms with van der Waals surface area (Å²) in [7, 11) is 0. The number of amides is 1. The largest absolute Gasteiger partial charge is 0.480 e. The van der Waals surface area contributed by atoms with Gasteiger partial charge in [0.25, 0.3) is 0 Å². The summed E-state index contributed by atoms with van der Waals surface area (Å²) in [5.74, 6) is -1.21. The Bertz CT molecular complexity index is 961. The van der Waals surface area contributed by atoms with Crippen molar-refractivity contribution in [3.63, 3.8) is 0 Å². The van der Waals surface area contributed by atoms with Gasteiger partial charge in [-0.3, -0.25) is 0 Å². The molecule has 3 aromatic rings. The van der Waals surface area contributed by atoms with Crippen LogP contribution in [-0.4, -0.2) is 39.8 Å². The fraction of sp³-hybridized carbons (Fsp3) is 0.190. The zero-order valence-electron chi connectivity index (χ0n) is 15.4. The number of benzene rings is 2. The second kappa shape index (κ2) is 8.79. The van der Waals surface area contributed by atoms with Crippen molar-refractivity contribution >= 4 is 24.5 Å². The van der Waals surface area contributed by atoms with Gasteiger partial charge in [0.15, 0.2) is 0 Å². The van der Waals surface area contributed by atoms with Crippen LogP contribution in [0.4, 0.5) is 4.79 Å². The number of rotatable bonds is 6. The molecule has 0 spiro atoms. The number of carbonyl (C=O) groups is 2. The molecule has 0 saturated heterocycles. The first-order valence-corrected chi connectivity index (χ1v) is 8.95. The predicted molar refractivity (Wildman–Crippen MR) is 109 cm³/mol. The third-order valence-electron chi connectivity index (χ3n) is 4.91. The van der Waals surface area contributed by atoms with Crippen LogP contribution in [0.25, 0.3) is 11.1 Å². The molecule has 29 heavy (non-hydrogen) atoms. The minimum Gasteiger partial charge on any atom is -0.480 e. The fourth-order valence-corrected chi connectivity index (χ4v) is 3.60. The molecule has 4 rings (SSSR count). The van der Waals surface area contributed by atoms with Crippen LogP contribution in [0.3, 0.4) is 0 Å². The van der Waals surface area contributed by atoms with Crippen LogP contribution >= 0.6 is 12.4 Å².